The minimum atomic E-state index is -3.41. The first kappa shape index (κ1) is 143. The van der Waals surface area contributed by atoms with Gasteiger partial charge >= 0.3 is 74.6 Å². The molecule has 0 amide bonds. The first-order valence-electron chi connectivity index (χ1n) is 41.1. The summed E-state index contributed by atoms with van der Waals surface area (Å²) in [6.07, 6.45) is 22.6. The number of pyridine rings is 6. The van der Waals surface area contributed by atoms with E-state index in [2.05, 4.69) is 174 Å². The number of carboxylic acid groups (broad SMARTS) is 1. The van der Waals surface area contributed by atoms with E-state index in [1.54, 1.807) is 70.0 Å². The van der Waals surface area contributed by atoms with Gasteiger partial charge in [0.2, 0.25) is 73.1 Å². The Hall–Kier alpha value is -3.37. The molecule has 0 unspecified atom stereocenters. The van der Waals surface area contributed by atoms with Gasteiger partial charge in [-0.05, 0) is 267 Å². The van der Waals surface area contributed by atoms with E-state index in [9.17, 15) is 66.9 Å². The summed E-state index contributed by atoms with van der Waals surface area (Å²) in [4.78, 5) is 67.2. The predicted molar refractivity (Wildman–Crippen MR) is 585 cm³/mol. The van der Waals surface area contributed by atoms with Crippen molar-refractivity contribution in [3.63, 3.8) is 0 Å². The van der Waals surface area contributed by atoms with Crippen LogP contribution in [-0.2, 0) is 70.8 Å². The summed E-state index contributed by atoms with van der Waals surface area (Å²) in [6.45, 7) is 27.0. The van der Waals surface area contributed by atoms with Crippen molar-refractivity contribution in [3.05, 3.63) is 137 Å². The molecular weight excluding hydrogens is 2720 g/mol. The van der Waals surface area contributed by atoms with Crippen molar-refractivity contribution in [3.8, 4) is 35.3 Å². The summed E-state index contributed by atoms with van der Waals surface area (Å²) in [6, 6.07) is 10.6. The fourth-order valence-corrected chi connectivity index (χ4v) is 15.5. The Bertz CT molecular complexity index is 4700. The second kappa shape index (κ2) is 78.1. The van der Waals surface area contributed by atoms with Crippen LogP contribution in [0.25, 0.3) is 12.2 Å². The van der Waals surface area contributed by atoms with E-state index >= 15 is 0 Å². The van der Waals surface area contributed by atoms with Crippen LogP contribution in [0.1, 0.15) is 240 Å². The number of nitrogens with two attached hydrogens (primary N) is 1. The van der Waals surface area contributed by atoms with Gasteiger partial charge in [-0.25, -0.2) is 92.6 Å². The number of carbonyl (C=O) groups excluding carboxylic acids is 3. The standard InChI is InChI=1S/C16H22F2N2O3S.C15H18F2INO.C12H19INO4P.C12H16INO3.C8H8INO3.C8H10INO2.C7H10F2O.C5H9ClO2.CH5NO2S.5CH4.2HI.Zn/c1-3-23-15-13(10-14(11-19-15)20-24(2,21)22)5-4-12-6-8-16(17,18)9-7-12;1-2-20-14-12(9-13(18)10-19-14)4-3-11-5-7-15(16,17)8-6-11;1-4-16-12-10(7-11(13)8-14-12)9-19(15,17-5-2)18-6-3;1-4-16-11-10(5-9(13)6-14-11)12(15)17-7-8(2)3;1-2-13-7-6(8(11)12)3-5(9)4-10-7;1-2-12-8-6(5-11)3-7(9)4-10-8;8-7(9)3-1-6(5-10)2-4-7;1-4(2)3-8-5(6)7;1-5(2,3)4;;;;;;;;/h4-5,10-12,20H,3,6-9H2,1-2H3;3-4,9-11H,2,5-8H2,1H3;7-8H,4-6,9H2,1-3H3;5-6,8H,4,7H2,1-3H3;3-4H,2H2,1H3,(H,11,12);3-4,11H,2,5H2,1H3;5-6H,1-4H2;4H,3H2,1-2H3;1H3,(H2,2,3,4);5*1H4;2*1H;/q;;;;;;;;;;;;;;;;+2/p-2/b5-4+;4-3+;;;;;;;;;;;;;;;. The van der Waals surface area contributed by atoms with Gasteiger partial charge in [0.25, 0.3) is 0 Å². The first-order chi connectivity index (χ1) is 61.4. The molecule has 0 aliphatic heterocycles. The van der Waals surface area contributed by atoms with Crippen LogP contribution in [0, 0.1) is 47.4 Å². The number of sulfonamides is 2. The molecular formula is C89H137ClF6I7N8O21PS2Zn. The van der Waals surface area contributed by atoms with E-state index in [1.165, 1.54) is 12.3 Å². The number of hydrogen-bond donors (Lipinski definition) is 4. The van der Waals surface area contributed by atoms with Crippen molar-refractivity contribution in [1.29, 1.82) is 0 Å². The molecule has 3 aliphatic carbocycles. The van der Waals surface area contributed by atoms with Gasteiger partial charge in [0, 0.05) is 127 Å². The zero-order valence-electron chi connectivity index (χ0n) is 75.3. The Labute approximate surface area is 904 Å². The molecule has 3 saturated carbocycles. The van der Waals surface area contributed by atoms with Crippen molar-refractivity contribution in [2.24, 2.45) is 34.7 Å². The number of rotatable bonds is 32. The summed E-state index contributed by atoms with van der Waals surface area (Å²) in [5, 5.41) is 22.1. The van der Waals surface area contributed by atoms with E-state index in [0.29, 0.717) is 163 Å². The molecule has 6 aromatic heterocycles. The van der Waals surface area contributed by atoms with E-state index in [0.717, 1.165) is 53.3 Å². The number of aromatic carboxylic acids is 1. The van der Waals surface area contributed by atoms with Gasteiger partial charge in [-0.15, -0.1) is 0 Å². The third kappa shape index (κ3) is 68.8. The molecule has 0 spiro atoms. The molecule has 0 saturated heterocycles. The van der Waals surface area contributed by atoms with Crippen molar-refractivity contribution < 1.29 is 134 Å². The number of nitrogens with zero attached hydrogens (tertiary/aromatic N) is 6. The normalized spacial score (nSPS) is 13.9. The van der Waals surface area contributed by atoms with E-state index in [1.807, 2.05) is 121 Å². The third-order valence-corrected chi connectivity index (χ3v) is 22.1. The Morgan fingerprint density at radius 3 is 1.15 bits per heavy atom. The number of ether oxygens (including phenoxy) is 8. The molecule has 0 radical (unpaired) electrons. The number of primary sulfonamides is 1. The number of aromatic nitrogens is 6. The number of anilines is 1. The van der Waals surface area contributed by atoms with Gasteiger partial charge in [-0.3, -0.25) is 9.29 Å². The van der Waals surface area contributed by atoms with Gasteiger partial charge in [0.15, 0.2) is 0 Å². The van der Waals surface area contributed by atoms with Crippen LogP contribution in [0.3, 0.4) is 0 Å². The molecule has 6 aromatic rings. The van der Waals surface area contributed by atoms with Crippen molar-refractivity contribution in [1.82, 2.24) is 29.9 Å². The second-order valence-corrected chi connectivity index (χ2v) is 64.3. The monoisotopic (exact) mass is 2850 g/mol. The Morgan fingerprint density at radius 1 is 0.507 bits per heavy atom. The topological polar surface area (TPSA) is 402 Å². The van der Waals surface area contributed by atoms with E-state index < -0.39 is 56.8 Å². The van der Waals surface area contributed by atoms with Gasteiger partial charge in [0.05, 0.1) is 103 Å². The third-order valence-electron chi connectivity index (χ3n) is 16.4. The summed E-state index contributed by atoms with van der Waals surface area (Å²) in [5.74, 6) is -5.55. The number of hydrogen-bond acceptors (Lipinski definition) is 26. The molecule has 0 atom stereocenters. The number of allylic oxidation sites excluding steroid dienone is 2. The number of aliphatic hydroxyl groups is 1. The van der Waals surface area contributed by atoms with Gasteiger partial charge in [-0.1, -0.05) is 89.1 Å². The van der Waals surface area contributed by atoms with Crippen LogP contribution in [-0.4, -0.2) is 177 Å². The van der Waals surface area contributed by atoms with Gasteiger partial charge in [-0.2, -0.15) is 0 Å². The molecule has 29 nitrogen and oxygen atoms in total. The van der Waals surface area contributed by atoms with E-state index in [-0.39, 0.29) is 134 Å². The zero-order valence-corrected chi connectivity index (χ0v) is 96.7. The SMILES string of the molecule is C.C.C.C.C.CC(C)COC(=O)Cl.CCOc1ncc(I)cc1/C=C/C1CCC(F)(F)CC1.CCOc1ncc(I)cc1C(=O)O.CCOc1ncc(I)cc1C(=O)OCC(C)C.CCOc1ncc(I)cc1CO.CCOc1ncc(I)cc1CP(=O)(OCC)OCC.CCOc1ncc(NS(C)(=O)=O)cc1/C=C/C1CCC(F)(F)CC1.CS(N)(=O)=O.O=CC1CCC(F)(F)CC1.[I][Zn][I]. The predicted octanol–water partition coefficient (Wildman–Crippen LogP) is 26.6. The minimum absolute atomic E-state index is 0. The van der Waals surface area contributed by atoms with Gasteiger partial charge in [0.1, 0.15) is 17.4 Å². The molecule has 9 rings (SSSR count). The number of aliphatic hydroxyl groups excluding tert-OH is 1. The van der Waals surface area contributed by atoms with Crippen molar-refractivity contribution in [2.45, 2.75) is 228 Å². The van der Waals surface area contributed by atoms with Crippen LogP contribution in [0.2, 0.25) is 0 Å². The molecule has 6 heterocycles. The molecule has 3 aliphatic rings. The van der Waals surface area contributed by atoms with E-state index in [4.69, 9.17) is 64.0 Å². The van der Waals surface area contributed by atoms with Crippen LogP contribution in [0.15, 0.2) is 85.7 Å². The first-order valence-corrected chi connectivity index (χ1v) is 70.6. The molecule has 0 bridgehead atoms. The Balaban J connectivity index is -0.000000355. The average Bonchev–Trinajstić information content (AvgIpc) is 0.843. The maximum absolute atomic E-state index is 13.2. The summed E-state index contributed by atoms with van der Waals surface area (Å²) in [5.41, 5.74) is 3.12. The number of halogens is 14. The quantitative estimate of drug-likeness (QED) is 0.00579. The number of nitrogens with one attached hydrogen (secondary N) is 1. The van der Waals surface area contributed by atoms with Crippen LogP contribution in [0.4, 0.5) is 36.8 Å². The number of aldehydes is 1. The molecule has 47 heteroatoms. The van der Waals surface area contributed by atoms with Gasteiger partial charge < -0.3 is 61.9 Å². The number of alkyl halides is 6. The molecule has 3 fully saturated rings. The average molecular weight is 2850 g/mol. The zero-order chi connectivity index (χ0) is 99.7. The molecule has 776 valence electrons. The molecule has 136 heavy (non-hydrogen) atoms. The number of carboxylic acids is 1. The molecule has 0 aromatic carbocycles. The summed E-state index contributed by atoms with van der Waals surface area (Å²) < 4.78 is 191. The Kier molecular flexibility index (Phi) is 82.3. The van der Waals surface area contributed by atoms with Crippen LogP contribution < -0.4 is 38.3 Å². The summed E-state index contributed by atoms with van der Waals surface area (Å²) in [7, 11) is -9.64. The summed E-state index contributed by atoms with van der Waals surface area (Å²) >= 11 is 20.4. The van der Waals surface area contributed by atoms with Crippen molar-refractivity contribution >= 4 is 233 Å². The van der Waals surface area contributed by atoms with Crippen LogP contribution >= 0.6 is 172 Å². The van der Waals surface area contributed by atoms with Crippen molar-refractivity contribution in [2.75, 3.05) is 83.3 Å². The van der Waals surface area contributed by atoms with Crippen LogP contribution in [0.5, 0.6) is 35.3 Å². The number of esters is 1. The Morgan fingerprint density at radius 2 is 0.809 bits per heavy atom. The second-order valence-electron chi connectivity index (χ2n) is 28.8. The fourth-order valence-electron chi connectivity index (χ4n) is 10.8. The maximum atomic E-state index is 13.2. The molecule has 5 N–H and O–H groups in total. The number of carbonyl (C=O) groups is 4. The fraction of sp³-hybridized carbons (Fsp3) is 0.573.